The molecule has 0 aliphatic carbocycles. The Balaban J connectivity index is 0.00000441. The van der Waals surface area contributed by atoms with Gasteiger partial charge in [-0.25, -0.2) is 0 Å². The fourth-order valence-corrected chi connectivity index (χ4v) is 2.13. The van der Waals surface area contributed by atoms with Gasteiger partial charge in [0.15, 0.2) is 0 Å². The van der Waals surface area contributed by atoms with Crippen LogP contribution in [0, 0.1) is 0 Å². The van der Waals surface area contributed by atoms with Crippen LogP contribution in [0.3, 0.4) is 0 Å². The van der Waals surface area contributed by atoms with Gasteiger partial charge in [-0.2, -0.15) is 0 Å². The van der Waals surface area contributed by atoms with Crippen LogP contribution in [0.5, 0.6) is 0 Å². The zero-order valence-electron chi connectivity index (χ0n) is 12.2. The van der Waals surface area contributed by atoms with Gasteiger partial charge in [-0.05, 0) is 0 Å². The van der Waals surface area contributed by atoms with E-state index in [1.807, 2.05) is 0 Å². The molecule has 122 valence electrons. The SMILES string of the molecule is CC(=O)NC1C(O)CC(O)(C(=O)[O-])OC1C(O)C(O)CO.[Na+]. The number of ether oxygens (including phenoxy) is 1. The molecular weight excluding hydrogens is 313 g/mol. The molecule has 1 aliphatic heterocycles. The third kappa shape index (κ3) is 4.85. The van der Waals surface area contributed by atoms with Crippen LogP contribution in [0.2, 0.25) is 0 Å². The molecular formula is C11H18NNaO9. The summed E-state index contributed by atoms with van der Waals surface area (Å²) in [6.07, 6.45) is -7.67. The van der Waals surface area contributed by atoms with E-state index < -0.39 is 61.1 Å². The smallest absolute Gasteiger partial charge is 0.544 e. The van der Waals surface area contributed by atoms with E-state index in [1.165, 1.54) is 0 Å². The van der Waals surface area contributed by atoms with Crippen molar-refractivity contribution in [3.63, 3.8) is 0 Å². The molecule has 1 amide bonds. The molecule has 0 bridgehead atoms. The number of hydrogen-bond donors (Lipinski definition) is 6. The van der Waals surface area contributed by atoms with Gasteiger partial charge in [-0.1, -0.05) is 0 Å². The Bertz CT molecular complexity index is 409. The number of nitrogens with one attached hydrogen (secondary N) is 1. The Morgan fingerprint density at radius 3 is 2.41 bits per heavy atom. The van der Waals surface area contributed by atoms with Gasteiger partial charge in [0.25, 0.3) is 0 Å². The zero-order chi connectivity index (χ0) is 16.4. The standard InChI is InChI=1S/C11H19NO9.Na/c1-4(14)12-7-5(15)2-11(20,10(18)19)21-9(7)8(17)6(16)3-13;/h5-9,13,15-17,20H,2-3H2,1H3,(H,12,14)(H,18,19);/q;+1/p-1. The van der Waals surface area contributed by atoms with E-state index >= 15 is 0 Å². The summed E-state index contributed by atoms with van der Waals surface area (Å²) < 4.78 is 4.80. The Labute approximate surface area is 148 Å². The number of aliphatic hydroxyl groups is 5. The molecule has 0 aromatic rings. The molecule has 0 spiro atoms. The van der Waals surface area contributed by atoms with Gasteiger partial charge >= 0.3 is 29.6 Å². The van der Waals surface area contributed by atoms with Crippen LogP contribution in [0.4, 0.5) is 0 Å². The maximum Gasteiger partial charge on any atom is 1.00 e. The molecule has 10 nitrogen and oxygen atoms in total. The minimum atomic E-state index is -2.89. The number of carbonyl (C=O) groups is 2. The van der Waals surface area contributed by atoms with Crippen molar-refractivity contribution in [2.24, 2.45) is 0 Å². The monoisotopic (exact) mass is 331 g/mol. The first-order valence-electron chi connectivity index (χ1n) is 6.16. The molecule has 0 radical (unpaired) electrons. The molecule has 6 atom stereocenters. The number of carboxylic acid groups (broad SMARTS) is 1. The number of aliphatic carboxylic acids is 1. The van der Waals surface area contributed by atoms with E-state index in [0.717, 1.165) is 6.92 Å². The Morgan fingerprint density at radius 2 is 2.00 bits per heavy atom. The minimum absolute atomic E-state index is 0. The molecule has 1 aliphatic rings. The van der Waals surface area contributed by atoms with Gasteiger partial charge in [-0.15, -0.1) is 0 Å². The number of carbonyl (C=O) groups excluding carboxylic acids is 2. The van der Waals surface area contributed by atoms with Crippen molar-refractivity contribution in [3.05, 3.63) is 0 Å². The van der Waals surface area contributed by atoms with Gasteiger partial charge < -0.3 is 45.5 Å². The predicted molar refractivity (Wildman–Crippen MR) is 62.2 cm³/mol. The molecule has 1 saturated heterocycles. The van der Waals surface area contributed by atoms with Gasteiger partial charge in [0.2, 0.25) is 11.7 Å². The second-order valence-corrected chi connectivity index (χ2v) is 4.89. The number of amides is 1. The fraction of sp³-hybridized carbons (Fsp3) is 0.818. The Morgan fingerprint density at radius 1 is 1.45 bits per heavy atom. The minimum Gasteiger partial charge on any atom is -0.544 e. The summed E-state index contributed by atoms with van der Waals surface area (Å²) in [5.41, 5.74) is 0. The Hall–Kier alpha value is -0.300. The number of aliphatic hydroxyl groups excluding tert-OH is 4. The maximum absolute atomic E-state index is 11.1. The summed E-state index contributed by atoms with van der Waals surface area (Å²) >= 11 is 0. The van der Waals surface area contributed by atoms with E-state index in [4.69, 9.17) is 9.84 Å². The summed E-state index contributed by atoms with van der Waals surface area (Å²) in [6.45, 7) is 0.228. The molecule has 6 N–H and O–H groups in total. The van der Waals surface area contributed by atoms with Crippen LogP contribution in [-0.2, 0) is 14.3 Å². The van der Waals surface area contributed by atoms with E-state index in [2.05, 4.69) is 5.32 Å². The van der Waals surface area contributed by atoms with Crippen molar-refractivity contribution in [3.8, 4) is 0 Å². The summed E-state index contributed by atoms with van der Waals surface area (Å²) in [7, 11) is 0. The molecule has 1 heterocycles. The predicted octanol–water partition coefficient (Wildman–Crippen LogP) is -8.20. The maximum atomic E-state index is 11.1. The van der Waals surface area contributed by atoms with E-state index in [9.17, 15) is 35.1 Å². The third-order valence-electron chi connectivity index (χ3n) is 3.19. The molecule has 0 saturated carbocycles. The topological polar surface area (TPSA) is 180 Å². The molecule has 22 heavy (non-hydrogen) atoms. The largest absolute Gasteiger partial charge is 1.00 e. The summed E-state index contributed by atoms with van der Waals surface area (Å²) in [5, 5.41) is 60.8. The number of carboxylic acids is 1. The summed E-state index contributed by atoms with van der Waals surface area (Å²) in [6, 6.07) is -1.29. The second kappa shape index (κ2) is 8.52. The average Bonchev–Trinajstić information content (AvgIpc) is 2.39. The number of hydrogen-bond acceptors (Lipinski definition) is 9. The average molecular weight is 331 g/mol. The molecule has 6 unspecified atom stereocenters. The van der Waals surface area contributed by atoms with Crippen molar-refractivity contribution in [2.45, 2.75) is 49.6 Å². The van der Waals surface area contributed by atoms with Crippen LogP contribution in [0.15, 0.2) is 0 Å². The molecule has 0 aromatic heterocycles. The first-order valence-corrected chi connectivity index (χ1v) is 6.16. The van der Waals surface area contributed by atoms with Crippen molar-refractivity contribution in [1.82, 2.24) is 5.32 Å². The van der Waals surface area contributed by atoms with Crippen LogP contribution < -0.4 is 40.0 Å². The van der Waals surface area contributed by atoms with Crippen molar-refractivity contribution in [2.75, 3.05) is 6.61 Å². The van der Waals surface area contributed by atoms with Crippen molar-refractivity contribution in [1.29, 1.82) is 0 Å². The molecule has 1 fully saturated rings. The van der Waals surface area contributed by atoms with Gasteiger partial charge in [0, 0.05) is 13.3 Å². The van der Waals surface area contributed by atoms with E-state index in [-0.39, 0.29) is 29.6 Å². The van der Waals surface area contributed by atoms with Gasteiger partial charge in [0.1, 0.15) is 24.3 Å². The van der Waals surface area contributed by atoms with Crippen LogP contribution in [0.25, 0.3) is 0 Å². The zero-order valence-corrected chi connectivity index (χ0v) is 14.2. The quantitative estimate of drug-likeness (QED) is 0.267. The molecule has 11 heteroatoms. The Kier molecular flexibility index (Phi) is 8.41. The van der Waals surface area contributed by atoms with E-state index in [0.29, 0.717) is 0 Å². The van der Waals surface area contributed by atoms with Crippen LogP contribution in [0.1, 0.15) is 13.3 Å². The summed E-state index contributed by atoms with van der Waals surface area (Å²) in [4.78, 5) is 22.0. The van der Waals surface area contributed by atoms with Crippen molar-refractivity contribution >= 4 is 11.9 Å². The second-order valence-electron chi connectivity index (χ2n) is 4.89. The normalized spacial score (nSPS) is 34.2. The molecule has 1 rings (SSSR count). The fourth-order valence-electron chi connectivity index (χ4n) is 2.13. The third-order valence-corrected chi connectivity index (χ3v) is 3.19. The molecule has 0 aromatic carbocycles. The van der Waals surface area contributed by atoms with Gasteiger partial charge in [-0.3, -0.25) is 4.79 Å². The first-order chi connectivity index (χ1) is 9.62. The van der Waals surface area contributed by atoms with E-state index in [1.54, 1.807) is 0 Å². The van der Waals surface area contributed by atoms with Crippen LogP contribution >= 0.6 is 0 Å². The van der Waals surface area contributed by atoms with Crippen LogP contribution in [-0.4, -0.2) is 80.3 Å². The first kappa shape index (κ1) is 21.7. The summed E-state index contributed by atoms with van der Waals surface area (Å²) in [5.74, 6) is -5.55. The van der Waals surface area contributed by atoms with Crippen molar-refractivity contribution < 1.29 is 74.5 Å². The number of rotatable bonds is 5. The van der Waals surface area contributed by atoms with Gasteiger partial charge in [0.05, 0.1) is 18.8 Å².